The molecule has 1 aromatic heterocycles. The standard InChI is InChI=1S/C25H32N4O4/c1-5-32-22-11-7-6-9-17(22)13-18-14-21(30)20-15-26-29(23(20)27-18)19-10-8-12-28(16-19)24(31)33-25(2,3)4/h6-7,9,11,15,19H,5,8,10,12-14,16H2,1-4H3. The van der Waals surface area contributed by atoms with Crippen LogP contribution in [0.4, 0.5) is 10.6 Å². The van der Waals surface area contributed by atoms with E-state index >= 15 is 0 Å². The molecule has 1 amide bonds. The topological polar surface area (TPSA) is 86.0 Å². The largest absolute Gasteiger partial charge is 0.494 e. The van der Waals surface area contributed by atoms with Crippen LogP contribution in [0.2, 0.25) is 0 Å². The zero-order valence-corrected chi connectivity index (χ0v) is 19.8. The van der Waals surface area contributed by atoms with Gasteiger partial charge < -0.3 is 14.4 Å². The number of nitrogens with zero attached hydrogens (tertiary/aromatic N) is 4. The lowest BCUT2D eigenvalue weighted by atomic mass is 9.98. The average Bonchev–Trinajstić information content (AvgIpc) is 3.19. The Hall–Kier alpha value is -3.16. The Labute approximate surface area is 194 Å². The first-order chi connectivity index (χ1) is 15.7. The number of hydrogen-bond acceptors (Lipinski definition) is 6. The minimum atomic E-state index is -0.543. The van der Waals surface area contributed by atoms with E-state index in [1.807, 2.05) is 56.6 Å². The maximum Gasteiger partial charge on any atom is 0.410 e. The van der Waals surface area contributed by atoms with Crippen molar-refractivity contribution >= 4 is 23.4 Å². The third kappa shape index (κ3) is 5.26. The highest BCUT2D eigenvalue weighted by atomic mass is 16.6. The minimum Gasteiger partial charge on any atom is -0.494 e. The van der Waals surface area contributed by atoms with Crippen molar-refractivity contribution in [2.24, 2.45) is 4.99 Å². The highest BCUT2D eigenvalue weighted by molar-refractivity contribution is 6.15. The van der Waals surface area contributed by atoms with Gasteiger partial charge in [0, 0.05) is 25.2 Å². The molecular weight excluding hydrogens is 420 g/mol. The number of piperidine rings is 1. The van der Waals surface area contributed by atoms with Crippen LogP contribution >= 0.6 is 0 Å². The van der Waals surface area contributed by atoms with Gasteiger partial charge in [0.2, 0.25) is 0 Å². The number of carbonyl (C=O) groups excluding carboxylic acids is 2. The van der Waals surface area contributed by atoms with E-state index in [1.165, 1.54) is 0 Å². The molecule has 0 spiro atoms. The van der Waals surface area contributed by atoms with Gasteiger partial charge in [-0.3, -0.25) is 4.79 Å². The van der Waals surface area contributed by atoms with Gasteiger partial charge in [0.15, 0.2) is 11.6 Å². The fourth-order valence-electron chi connectivity index (χ4n) is 4.32. The van der Waals surface area contributed by atoms with Crippen molar-refractivity contribution in [1.82, 2.24) is 14.7 Å². The molecule has 4 rings (SSSR count). The van der Waals surface area contributed by atoms with Crippen LogP contribution in [-0.2, 0) is 11.2 Å². The van der Waals surface area contributed by atoms with Crippen LogP contribution in [0.5, 0.6) is 5.75 Å². The summed E-state index contributed by atoms with van der Waals surface area (Å²) >= 11 is 0. The van der Waals surface area contributed by atoms with E-state index in [0.717, 1.165) is 29.9 Å². The van der Waals surface area contributed by atoms with Crippen LogP contribution in [0.3, 0.4) is 0 Å². The Balaban J connectivity index is 1.57. The first-order valence-corrected chi connectivity index (χ1v) is 11.6. The van der Waals surface area contributed by atoms with E-state index in [-0.39, 0.29) is 24.3 Å². The molecule has 2 aliphatic rings. The van der Waals surface area contributed by atoms with E-state index < -0.39 is 5.60 Å². The molecule has 0 aliphatic carbocycles. The zero-order chi connectivity index (χ0) is 23.6. The molecule has 176 valence electrons. The minimum absolute atomic E-state index is 0.0231. The van der Waals surface area contributed by atoms with Crippen LogP contribution in [-0.4, -0.2) is 57.6 Å². The molecular formula is C25H32N4O4. The summed E-state index contributed by atoms with van der Waals surface area (Å²) in [6.45, 7) is 9.25. The lowest BCUT2D eigenvalue weighted by Crippen LogP contribution is -2.43. The van der Waals surface area contributed by atoms with Gasteiger partial charge in [-0.15, -0.1) is 0 Å². The van der Waals surface area contributed by atoms with E-state index in [2.05, 4.69) is 5.10 Å². The van der Waals surface area contributed by atoms with Crippen molar-refractivity contribution < 1.29 is 19.1 Å². The van der Waals surface area contributed by atoms with Gasteiger partial charge in [0.1, 0.15) is 11.4 Å². The molecule has 0 saturated carbocycles. The number of aromatic nitrogens is 2. The van der Waals surface area contributed by atoms with Gasteiger partial charge in [-0.1, -0.05) is 18.2 Å². The Kier molecular flexibility index (Phi) is 6.54. The van der Waals surface area contributed by atoms with Gasteiger partial charge >= 0.3 is 6.09 Å². The van der Waals surface area contributed by atoms with E-state index in [9.17, 15) is 9.59 Å². The molecule has 1 unspecified atom stereocenters. The van der Waals surface area contributed by atoms with Crippen molar-refractivity contribution in [1.29, 1.82) is 0 Å². The third-order valence-corrected chi connectivity index (χ3v) is 5.76. The number of para-hydroxylation sites is 1. The number of aliphatic imine (C=N–C) groups is 1. The smallest absolute Gasteiger partial charge is 0.410 e. The van der Waals surface area contributed by atoms with E-state index in [0.29, 0.717) is 37.5 Å². The lowest BCUT2D eigenvalue weighted by Gasteiger charge is -2.34. The van der Waals surface area contributed by atoms with Gasteiger partial charge in [-0.25, -0.2) is 14.5 Å². The van der Waals surface area contributed by atoms with Crippen LogP contribution in [0, 0.1) is 0 Å². The fraction of sp³-hybridized carbons (Fsp3) is 0.520. The van der Waals surface area contributed by atoms with Gasteiger partial charge in [-0.05, 0) is 52.2 Å². The van der Waals surface area contributed by atoms with Crippen molar-refractivity contribution in [3.63, 3.8) is 0 Å². The third-order valence-electron chi connectivity index (χ3n) is 5.76. The quantitative estimate of drug-likeness (QED) is 0.653. The molecule has 0 bridgehead atoms. The van der Waals surface area contributed by atoms with Crippen LogP contribution in [0.1, 0.15) is 68.9 Å². The highest BCUT2D eigenvalue weighted by Crippen LogP contribution is 2.33. The predicted octanol–water partition coefficient (Wildman–Crippen LogP) is 4.76. The molecule has 1 atom stereocenters. The van der Waals surface area contributed by atoms with Crippen LogP contribution in [0.25, 0.3) is 0 Å². The molecule has 1 fully saturated rings. The van der Waals surface area contributed by atoms with E-state index in [1.54, 1.807) is 11.1 Å². The molecule has 2 aliphatic heterocycles. The SMILES string of the molecule is CCOc1ccccc1CC1=Nc2c(cnn2C2CCCN(C(=O)OC(C)(C)C)C2)C(=O)C1. The van der Waals surface area contributed by atoms with E-state index in [4.69, 9.17) is 14.5 Å². The Morgan fingerprint density at radius 1 is 1.24 bits per heavy atom. The second kappa shape index (κ2) is 9.37. The highest BCUT2D eigenvalue weighted by Gasteiger charge is 2.32. The number of rotatable bonds is 5. The van der Waals surface area contributed by atoms with Crippen LogP contribution in [0.15, 0.2) is 35.5 Å². The Morgan fingerprint density at radius 3 is 2.79 bits per heavy atom. The van der Waals surface area contributed by atoms with Gasteiger partial charge in [0.25, 0.3) is 0 Å². The first-order valence-electron chi connectivity index (χ1n) is 11.6. The molecule has 8 nitrogen and oxygen atoms in total. The fourth-order valence-corrected chi connectivity index (χ4v) is 4.32. The summed E-state index contributed by atoms with van der Waals surface area (Å²) in [6, 6.07) is 7.79. The maximum absolute atomic E-state index is 12.9. The Morgan fingerprint density at radius 2 is 2.03 bits per heavy atom. The molecule has 0 N–H and O–H groups in total. The number of fused-ring (bicyclic) bond motifs is 1. The summed E-state index contributed by atoms with van der Waals surface area (Å²) in [5.41, 5.74) is 1.81. The number of Topliss-reactive ketones (excluding diaryl/α,β-unsaturated/α-hetero) is 1. The normalized spacial score (nSPS) is 18.5. The predicted molar refractivity (Wildman–Crippen MR) is 126 cm³/mol. The average molecular weight is 453 g/mol. The number of benzene rings is 1. The zero-order valence-electron chi connectivity index (χ0n) is 19.8. The maximum atomic E-state index is 12.9. The molecule has 3 heterocycles. The summed E-state index contributed by atoms with van der Waals surface area (Å²) in [4.78, 5) is 32.0. The molecule has 8 heteroatoms. The summed E-state index contributed by atoms with van der Waals surface area (Å²) in [5, 5.41) is 4.51. The summed E-state index contributed by atoms with van der Waals surface area (Å²) in [5.74, 6) is 1.43. The number of carbonyl (C=O) groups is 2. The second-order valence-corrected chi connectivity index (χ2v) is 9.54. The number of amides is 1. The summed E-state index contributed by atoms with van der Waals surface area (Å²) in [7, 11) is 0. The monoisotopic (exact) mass is 452 g/mol. The van der Waals surface area contributed by atoms with Crippen molar-refractivity contribution in [3.8, 4) is 5.75 Å². The van der Waals surface area contributed by atoms with Gasteiger partial charge in [-0.2, -0.15) is 5.10 Å². The molecule has 0 radical (unpaired) electrons. The molecule has 33 heavy (non-hydrogen) atoms. The first kappa shape index (κ1) is 23.0. The van der Waals surface area contributed by atoms with Crippen molar-refractivity contribution in [2.75, 3.05) is 19.7 Å². The number of likely N-dealkylation sites (tertiary alicyclic amines) is 1. The Bertz CT molecular complexity index is 1070. The summed E-state index contributed by atoms with van der Waals surface area (Å²) in [6.07, 6.45) is 3.80. The number of hydrogen-bond donors (Lipinski definition) is 0. The number of ketones is 1. The molecule has 1 saturated heterocycles. The van der Waals surface area contributed by atoms with Crippen molar-refractivity contribution in [2.45, 2.75) is 65.0 Å². The lowest BCUT2D eigenvalue weighted by molar-refractivity contribution is 0.0168. The molecule has 2 aromatic rings. The van der Waals surface area contributed by atoms with Crippen LogP contribution < -0.4 is 4.74 Å². The van der Waals surface area contributed by atoms with Gasteiger partial charge in [0.05, 0.1) is 30.8 Å². The number of ether oxygens (including phenoxy) is 2. The second-order valence-electron chi connectivity index (χ2n) is 9.54. The van der Waals surface area contributed by atoms with Crippen molar-refractivity contribution in [3.05, 3.63) is 41.6 Å². The molecule has 1 aromatic carbocycles. The summed E-state index contributed by atoms with van der Waals surface area (Å²) < 4.78 is 13.1.